The summed E-state index contributed by atoms with van der Waals surface area (Å²) in [6, 6.07) is -0.331. The fourth-order valence-corrected chi connectivity index (χ4v) is 3.55. The van der Waals surface area contributed by atoms with Crippen molar-refractivity contribution < 1.29 is 14.1 Å². The van der Waals surface area contributed by atoms with E-state index in [0.717, 1.165) is 19.4 Å². The van der Waals surface area contributed by atoms with Gasteiger partial charge in [0.05, 0.1) is 6.04 Å². The van der Waals surface area contributed by atoms with Crippen molar-refractivity contribution >= 4 is 11.9 Å². The SMILES string of the molecule is Cc1noc([C@H](C)N2CCC[C@@H]([C@@]3(C)NC(=O)N(C)C3=O)C2)n1. The Bertz CT molecular complexity index is 630. The van der Waals surface area contributed by atoms with Gasteiger partial charge in [0.25, 0.3) is 5.91 Å². The highest BCUT2D eigenvalue weighted by atomic mass is 16.5. The highest BCUT2D eigenvalue weighted by Gasteiger charge is 2.52. The number of urea groups is 1. The molecule has 0 aromatic carbocycles. The van der Waals surface area contributed by atoms with Crippen LogP contribution >= 0.6 is 0 Å². The Hall–Kier alpha value is -1.96. The molecule has 0 radical (unpaired) electrons. The Morgan fingerprint density at radius 2 is 2.17 bits per heavy atom. The summed E-state index contributed by atoms with van der Waals surface area (Å²) in [5, 5.41) is 6.71. The minimum absolute atomic E-state index is 0.00691. The van der Waals surface area contributed by atoms with E-state index in [1.807, 2.05) is 13.8 Å². The number of nitrogens with one attached hydrogen (secondary N) is 1. The predicted octanol–water partition coefficient (Wildman–Crippen LogP) is 1.09. The van der Waals surface area contributed by atoms with Crippen LogP contribution in [0, 0.1) is 12.8 Å². The van der Waals surface area contributed by atoms with E-state index in [0.29, 0.717) is 18.3 Å². The van der Waals surface area contributed by atoms with E-state index in [1.165, 1.54) is 11.9 Å². The number of likely N-dealkylation sites (N-methyl/N-ethyl adjacent to an activating group) is 1. The third kappa shape index (κ3) is 2.60. The van der Waals surface area contributed by atoms with E-state index in [-0.39, 0.29) is 23.9 Å². The molecule has 126 valence electrons. The molecular formula is C15H23N5O3. The fraction of sp³-hybridized carbons (Fsp3) is 0.733. The van der Waals surface area contributed by atoms with Gasteiger partial charge in [0.15, 0.2) is 5.82 Å². The van der Waals surface area contributed by atoms with Crippen LogP contribution in [0.15, 0.2) is 4.52 Å². The number of aromatic nitrogens is 2. The van der Waals surface area contributed by atoms with Gasteiger partial charge in [-0.15, -0.1) is 0 Å². The standard InChI is InChI=1S/C15H23N5O3/c1-9(12-16-10(2)18-23-12)20-7-5-6-11(8-20)15(3)13(21)19(4)14(22)17-15/h9,11H,5-8H2,1-4H3,(H,17,22)/t9-,11+,15+/m0/s1. The zero-order valence-electron chi connectivity index (χ0n) is 14.0. The topological polar surface area (TPSA) is 91.6 Å². The first-order valence-electron chi connectivity index (χ1n) is 7.97. The molecule has 3 rings (SSSR count). The average molecular weight is 321 g/mol. The lowest BCUT2D eigenvalue weighted by Gasteiger charge is -2.41. The summed E-state index contributed by atoms with van der Waals surface area (Å²) in [6.07, 6.45) is 1.87. The van der Waals surface area contributed by atoms with Crippen LogP contribution in [0.1, 0.15) is 44.4 Å². The van der Waals surface area contributed by atoms with Crippen LogP contribution in [-0.2, 0) is 4.79 Å². The highest BCUT2D eigenvalue weighted by molar-refractivity contribution is 6.06. The van der Waals surface area contributed by atoms with Crippen LogP contribution in [-0.4, -0.2) is 57.6 Å². The quantitative estimate of drug-likeness (QED) is 0.838. The summed E-state index contributed by atoms with van der Waals surface area (Å²) in [7, 11) is 1.52. The van der Waals surface area contributed by atoms with Crippen LogP contribution in [0.3, 0.4) is 0 Å². The van der Waals surface area contributed by atoms with Crippen LogP contribution in [0.4, 0.5) is 4.79 Å². The van der Waals surface area contributed by atoms with Crippen molar-refractivity contribution in [3.8, 4) is 0 Å². The van der Waals surface area contributed by atoms with Gasteiger partial charge in [0.2, 0.25) is 5.89 Å². The number of hydrogen-bond acceptors (Lipinski definition) is 6. The molecule has 3 heterocycles. The van der Waals surface area contributed by atoms with Gasteiger partial charge in [-0.25, -0.2) is 4.79 Å². The van der Waals surface area contributed by atoms with Crippen molar-refractivity contribution in [3.05, 3.63) is 11.7 Å². The molecule has 2 fully saturated rings. The number of piperidine rings is 1. The Labute approximate surface area is 135 Å². The molecule has 2 aliphatic rings. The molecule has 1 N–H and O–H groups in total. The van der Waals surface area contributed by atoms with Crippen LogP contribution in [0.2, 0.25) is 0 Å². The largest absolute Gasteiger partial charge is 0.338 e. The molecule has 0 spiro atoms. The number of amides is 3. The summed E-state index contributed by atoms with van der Waals surface area (Å²) >= 11 is 0. The molecule has 1 aromatic rings. The lowest BCUT2D eigenvalue weighted by Crippen LogP contribution is -2.56. The first kappa shape index (κ1) is 15.9. The Morgan fingerprint density at radius 1 is 1.43 bits per heavy atom. The highest BCUT2D eigenvalue weighted by Crippen LogP contribution is 2.34. The Balaban J connectivity index is 1.76. The summed E-state index contributed by atoms with van der Waals surface area (Å²) in [6.45, 7) is 7.26. The summed E-state index contributed by atoms with van der Waals surface area (Å²) in [4.78, 5) is 32.0. The average Bonchev–Trinajstić information content (AvgIpc) is 3.06. The minimum atomic E-state index is -0.838. The maximum atomic E-state index is 12.5. The smallest absolute Gasteiger partial charge is 0.324 e. The van der Waals surface area contributed by atoms with E-state index in [4.69, 9.17) is 4.52 Å². The second-order valence-electron chi connectivity index (χ2n) is 6.69. The van der Waals surface area contributed by atoms with E-state index in [9.17, 15) is 9.59 Å². The first-order chi connectivity index (χ1) is 10.8. The molecule has 0 saturated carbocycles. The molecule has 3 atom stereocenters. The monoisotopic (exact) mass is 321 g/mol. The molecule has 0 bridgehead atoms. The van der Waals surface area contributed by atoms with Crippen LogP contribution in [0.5, 0.6) is 0 Å². The van der Waals surface area contributed by atoms with Gasteiger partial charge in [0, 0.05) is 19.5 Å². The van der Waals surface area contributed by atoms with E-state index in [1.54, 1.807) is 6.92 Å². The molecule has 0 unspecified atom stereocenters. The Morgan fingerprint density at radius 3 is 2.74 bits per heavy atom. The molecule has 0 aliphatic carbocycles. The van der Waals surface area contributed by atoms with Gasteiger partial charge in [0.1, 0.15) is 5.54 Å². The fourth-order valence-electron chi connectivity index (χ4n) is 3.55. The number of carbonyl (C=O) groups excluding carboxylic acids is 2. The third-order valence-corrected chi connectivity index (χ3v) is 5.14. The maximum Gasteiger partial charge on any atom is 0.324 e. The van der Waals surface area contributed by atoms with Gasteiger partial charge in [-0.1, -0.05) is 5.16 Å². The predicted molar refractivity (Wildman–Crippen MR) is 81.5 cm³/mol. The van der Waals surface area contributed by atoms with Crippen molar-refractivity contribution in [3.63, 3.8) is 0 Å². The number of carbonyl (C=O) groups is 2. The summed E-state index contributed by atoms with van der Waals surface area (Å²) < 4.78 is 5.27. The minimum Gasteiger partial charge on any atom is -0.338 e. The number of rotatable bonds is 3. The van der Waals surface area contributed by atoms with Gasteiger partial charge in [-0.3, -0.25) is 14.6 Å². The molecule has 2 aliphatic heterocycles. The number of likely N-dealkylation sites (tertiary alicyclic amines) is 1. The second kappa shape index (κ2) is 5.59. The van der Waals surface area contributed by atoms with Crippen molar-refractivity contribution in [1.82, 2.24) is 25.3 Å². The first-order valence-corrected chi connectivity index (χ1v) is 7.97. The molecule has 8 nitrogen and oxygen atoms in total. The zero-order valence-corrected chi connectivity index (χ0v) is 14.0. The van der Waals surface area contributed by atoms with Gasteiger partial charge >= 0.3 is 6.03 Å². The van der Waals surface area contributed by atoms with E-state index in [2.05, 4.69) is 20.4 Å². The van der Waals surface area contributed by atoms with E-state index >= 15 is 0 Å². The molecule has 2 saturated heterocycles. The zero-order chi connectivity index (χ0) is 16.8. The summed E-state index contributed by atoms with van der Waals surface area (Å²) in [5.41, 5.74) is -0.838. The maximum absolute atomic E-state index is 12.5. The molecular weight excluding hydrogens is 298 g/mol. The third-order valence-electron chi connectivity index (χ3n) is 5.14. The van der Waals surface area contributed by atoms with E-state index < -0.39 is 5.54 Å². The lowest BCUT2D eigenvalue weighted by atomic mass is 9.79. The lowest BCUT2D eigenvalue weighted by molar-refractivity contribution is -0.132. The molecule has 8 heteroatoms. The number of nitrogens with zero attached hydrogens (tertiary/aromatic N) is 4. The number of aryl methyl sites for hydroxylation is 1. The van der Waals surface area contributed by atoms with Crippen molar-refractivity contribution in [2.75, 3.05) is 20.1 Å². The van der Waals surface area contributed by atoms with Gasteiger partial charge in [-0.05, 0) is 40.2 Å². The Kier molecular flexibility index (Phi) is 3.87. The molecule has 23 heavy (non-hydrogen) atoms. The van der Waals surface area contributed by atoms with Crippen molar-refractivity contribution in [2.45, 2.75) is 45.2 Å². The number of hydrogen-bond donors (Lipinski definition) is 1. The van der Waals surface area contributed by atoms with Crippen molar-refractivity contribution in [2.24, 2.45) is 5.92 Å². The normalized spacial score (nSPS) is 30.6. The van der Waals surface area contributed by atoms with Gasteiger partial charge < -0.3 is 9.84 Å². The number of imide groups is 1. The molecule has 3 amide bonds. The van der Waals surface area contributed by atoms with Crippen LogP contribution in [0.25, 0.3) is 0 Å². The summed E-state index contributed by atoms with van der Waals surface area (Å²) in [5.74, 6) is 1.11. The van der Waals surface area contributed by atoms with Gasteiger partial charge in [-0.2, -0.15) is 4.98 Å². The second-order valence-corrected chi connectivity index (χ2v) is 6.69. The molecule has 1 aromatic heterocycles. The van der Waals surface area contributed by atoms with Crippen molar-refractivity contribution in [1.29, 1.82) is 0 Å². The van der Waals surface area contributed by atoms with Crippen LogP contribution < -0.4 is 5.32 Å².